The summed E-state index contributed by atoms with van der Waals surface area (Å²) < 4.78 is 1.84. The SMILES string of the molecule is C[C@H](NC(=O)c1cc(-c2ccccc2)cc2cnn([C@H](C)c3ccc4cccnc4n3)c12)c1ccc(C(=O)O)cc1. The predicted octanol–water partition coefficient (Wildman–Crippen LogP) is 6.45. The van der Waals surface area contributed by atoms with Gasteiger partial charge >= 0.3 is 5.97 Å². The first kappa shape index (κ1) is 25.9. The molecule has 3 heterocycles. The number of nitrogens with one attached hydrogen (secondary N) is 1. The van der Waals surface area contributed by atoms with E-state index in [9.17, 15) is 14.7 Å². The van der Waals surface area contributed by atoms with Crippen molar-refractivity contribution in [1.29, 1.82) is 0 Å². The molecule has 8 heteroatoms. The summed E-state index contributed by atoms with van der Waals surface area (Å²) in [6.45, 7) is 3.88. The summed E-state index contributed by atoms with van der Waals surface area (Å²) in [5.41, 5.74) is 5.51. The highest BCUT2D eigenvalue weighted by molar-refractivity contribution is 6.07. The number of aromatic nitrogens is 4. The van der Waals surface area contributed by atoms with Crippen molar-refractivity contribution in [3.05, 3.63) is 126 Å². The third-order valence-electron chi connectivity index (χ3n) is 7.33. The van der Waals surface area contributed by atoms with Crippen LogP contribution in [0.2, 0.25) is 0 Å². The Bertz CT molecular complexity index is 1900. The van der Waals surface area contributed by atoms with Gasteiger partial charge in [0.25, 0.3) is 5.91 Å². The molecule has 1 amide bonds. The first-order valence-corrected chi connectivity index (χ1v) is 13.3. The lowest BCUT2D eigenvalue weighted by molar-refractivity contribution is 0.0696. The van der Waals surface area contributed by atoms with Gasteiger partial charge in [-0.05, 0) is 79.1 Å². The number of amides is 1. The summed E-state index contributed by atoms with van der Waals surface area (Å²) in [5, 5.41) is 18.8. The molecule has 3 aromatic heterocycles. The average molecular weight is 542 g/mol. The number of carbonyl (C=O) groups is 2. The van der Waals surface area contributed by atoms with Gasteiger partial charge in [0.1, 0.15) is 0 Å². The second kappa shape index (κ2) is 10.7. The van der Waals surface area contributed by atoms with Crippen LogP contribution in [0.25, 0.3) is 33.1 Å². The summed E-state index contributed by atoms with van der Waals surface area (Å²) in [6, 6.07) is 27.5. The summed E-state index contributed by atoms with van der Waals surface area (Å²) >= 11 is 0. The van der Waals surface area contributed by atoms with Crippen LogP contribution in [-0.4, -0.2) is 36.7 Å². The van der Waals surface area contributed by atoms with Crippen molar-refractivity contribution in [1.82, 2.24) is 25.1 Å². The lowest BCUT2D eigenvalue weighted by Crippen LogP contribution is -2.27. The zero-order valence-corrected chi connectivity index (χ0v) is 22.5. The monoisotopic (exact) mass is 541 g/mol. The maximum atomic E-state index is 13.9. The number of nitrogens with zero attached hydrogens (tertiary/aromatic N) is 4. The van der Waals surface area contributed by atoms with E-state index in [1.807, 2.05) is 85.3 Å². The molecule has 2 N–H and O–H groups in total. The van der Waals surface area contributed by atoms with Gasteiger partial charge in [-0.1, -0.05) is 42.5 Å². The van der Waals surface area contributed by atoms with Crippen LogP contribution in [0.4, 0.5) is 0 Å². The zero-order chi connectivity index (χ0) is 28.5. The normalized spacial score (nSPS) is 12.7. The lowest BCUT2D eigenvalue weighted by atomic mass is 9.99. The molecule has 41 heavy (non-hydrogen) atoms. The molecule has 6 aromatic rings. The van der Waals surface area contributed by atoms with Crippen molar-refractivity contribution in [3.8, 4) is 11.1 Å². The van der Waals surface area contributed by atoms with Crippen LogP contribution in [0.3, 0.4) is 0 Å². The fourth-order valence-electron chi connectivity index (χ4n) is 5.05. The number of aromatic carboxylic acids is 1. The number of benzene rings is 3. The highest BCUT2D eigenvalue weighted by Gasteiger charge is 2.22. The minimum atomic E-state index is -0.993. The molecule has 0 spiro atoms. The molecule has 8 nitrogen and oxygen atoms in total. The molecule has 0 aliphatic rings. The Morgan fingerprint density at radius 1 is 0.854 bits per heavy atom. The van der Waals surface area contributed by atoms with Crippen molar-refractivity contribution < 1.29 is 14.7 Å². The van der Waals surface area contributed by atoms with Gasteiger partial charge in [-0.15, -0.1) is 0 Å². The van der Waals surface area contributed by atoms with Crippen molar-refractivity contribution in [3.63, 3.8) is 0 Å². The van der Waals surface area contributed by atoms with E-state index in [-0.39, 0.29) is 23.6 Å². The molecular weight excluding hydrogens is 514 g/mol. The zero-order valence-electron chi connectivity index (χ0n) is 22.5. The van der Waals surface area contributed by atoms with Crippen molar-refractivity contribution >= 4 is 33.8 Å². The van der Waals surface area contributed by atoms with Gasteiger partial charge in [0, 0.05) is 17.0 Å². The smallest absolute Gasteiger partial charge is 0.335 e. The van der Waals surface area contributed by atoms with E-state index in [0.717, 1.165) is 33.2 Å². The summed E-state index contributed by atoms with van der Waals surface area (Å²) in [4.78, 5) is 34.3. The van der Waals surface area contributed by atoms with Gasteiger partial charge in [0.05, 0.1) is 40.6 Å². The molecular formula is C33H27N5O3. The molecule has 0 radical (unpaired) electrons. The highest BCUT2D eigenvalue weighted by atomic mass is 16.4. The number of carboxylic acid groups (broad SMARTS) is 1. The predicted molar refractivity (Wildman–Crippen MR) is 158 cm³/mol. The van der Waals surface area contributed by atoms with Crippen molar-refractivity contribution in [2.75, 3.05) is 0 Å². The Morgan fingerprint density at radius 2 is 1.63 bits per heavy atom. The van der Waals surface area contributed by atoms with Gasteiger partial charge in [-0.25, -0.2) is 14.8 Å². The molecule has 202 valence electrons. The Balaban J connectivity index is 1.42. The fourth-order valence-corrected chi connectivity index (χ4v) is 5.05. The second-order valence-corrected chi connectivity index (χ2v) is 10.0. The Hall–Kier alpha value is -5.37. The molecule has 0 bridgehead atoms. The second-order valence-electron chi connectivity index (χ2n) is 10.0. The number of fused-ring (bicyclic) bond motifs is 2. The Kier molecular flexibility index (Phi) is 6.73. The minimum Gasteiger partial charge on any atom is -0.478 e. The molecule has 6 rings (SSSR count). The van der Waals surface area contributed by atoms with Gasteiger partial charge < -0.3 is 10.4 Å². The third kappa shape index (κ3) is 5.03. The Labute approximate surface area is 236 Å². The van der Waals surface area contributed by atoms with Crippen LogP contribution < -0.4 is 5.32 Å². The van der Waals surface area contributed by atoms with Crippen molar-refractivity contribution in [2.45, 2.75) is 25.9 Å². The standard InChI is InChI=1S/C33H27N5O3/c1-20(22-10-12-25(13-11-22)33(40)41)36-32(39)28-18-26(23-7-4-3-5-8-23)17-27-19-35-38(30(27)28)21(2)29-15-14-24-9-6-16-34-31(24)37-29/h3-21H,1-2H3,(H,36,39)(H,40,41)/t20-,21+/m0/s1. The topological polar surface area (TPSA) is 110 Å². The lowest BCUT2D eigenvalue weighted by Gasteiger charge is -2.18. The van der Waals surface area contributed by atoms with E-state index >= 15 is 0 Å². The average Bonchev–Trinajstić information content (AvgIpc) is 3.44. The quantitative estimate of drug-likeness (QED) is 0.241. The van der Waals surface area contributed by atoms with E-state index in [0.29, 0.717) is 16.7 Å². The number of hydrogen-bond acceptors (Lipinski definition) is 5. The van der Waals surface area contributed by atoms with Crippen molar-refractivity contribution in [2.24, 2.45) is 0 Å². The maximum absolute atomic E-state index is 13.9. The van der Waals surface area contributed by atoms with E-state index in [1.165, 1.54) is 12.1 Å². The maximum Gasteiger partial charge on any atom is 0.335 e. The van der Waals surface area contributed by atoms with Gasteiger partial charge in [-0.3, -0.25) is 9.48 Å². The number of pyridine rings is 2. The van der Waals surface area contributed by atoms with E-state index < -0.39 is 5.97 Å². The largest absolute Gasteiger partial charge is 0.478 e. The van der Waals surface area contributed by atoms with Gasteiger partial charge in [0.2, 0.25) is 0 Å². The molecule has 0 unspecified atom stereocenters. The fraction of sp³-hybridized carbons (Fsp3) is 0.121. The number of carboxylic acids is 1. The van der Waals surface area contributed by atoms with Gasteiger partial charge in [0.15, 0.2) is 5.65 Å². The van der Waals surface area contributed by atoms with Crippen LogP contribution in [0.5, 0.6) is 0 Å². The summed E-state index contributed by atoms with van der Waals surface area (Å²) in [5.74, 6) is -1.25. The highest BCUT2D eigenvalue weighted by Crippen LogP contribution is 2.31. The van der Waals surface area contributed by atoms with Crippen LogP contribution in [-0.2, 0) is 0 Å². The summed E-state index contributed by atoms with van der Waals surface area (Å²) in [6.07, 6.45) is 3.50. The van der Waals surface area contributed by atoms with Gasteiger partial charge in [-0.2, -0.15) is 5.10 Å². The molecule has 2 atom stereocenters. The van der Waals surface area contributed by atoms with E-state index in [4.69, 9.17) is 10.1 Å². The molecule has 0 aliphatic carbocycles. The Morgan fingerprint density at radius 3 is 2.39 bits per heavy atom. The third-order valence-corrected chi connectivity index (χ3v) is 7.33. The first-order chi connectivity index (χ1) is 19.9. The molecule has 0 fully saturated rings. The molecule has 0 saturated heterocycles. The number of rotatable bonds is 7. The molecule has 0 aliphatic heterocycles. The van der Waals surface area contributed by atoms with Crippen LogP contribution in [0.15, 0.2) is 103 Å². The molecule has 3 aromatic carbocycles. The number of carbonyl (C=O) groups excluding carboxylic acids is 1. The van der Waals surface area contributed by atoms with Crippen LogP contribution in [0, 0.1) is 0 Å². The van der Waals surface area contributed by atoms with E-state index in [2.05, 4.69) is 10.3 Å². The number of hydrogen-bond donors (Lipinski definition) is 2. The minimum absolute atomic E-state index is 0.194. The first-order valence-electron chi connectivity index (χ1n) is 13.3. The van der Waals surface area contributed by atoms with Crippen LogP contribution >= 0.6 is 0 Å². The van der Waals surface area contributed by atoms with Crippen LogP contribution in [0.1, 0.15) is 57.9 Å². The van der Waals surface area contributed by atoms with E-state index in [1.54, 1.807) is 24.5 Å². The summed E-state index contributed by atoms with van der Waals surface area (Å²) in [7, 11) is 0. The molecule has 0 saturated carbocycles.